The van der Waals surface area contributed by atoms with Gasteiger partial charge in [0.25, 0.3) is 0 Å². The van der Waals surface area contributed by atoms with Gasteiger partial charge in [-0.25, -0.2) is 0 Å². The van der Waals surface area contributed by atoms with Gasteiger partial charge in [0.1, 0.15) is 0 Å². The van der Waals surface area contributed by atoms with E-state index in [1.165, 1.54) is 32.1 Å². The average molecular weight is 184 g/mol. The van der Waals surface area contributed by atoms with Crippen LogP contribution in [0.1, 0.15) is 32.1 Å². The van der Waals surface area contributed by atoms with Crippen molar-refractivity contribution < 1.29 is 0 Å². The lowest BCUT2D eigenvalue weighted by atomic mass is 9.94. The van der Waals surface area contributed by atoms with Crippen molar-refractivity contribution in [1.82, 2.24) is 10.2 Å². The normalized spacial score (nSPS) is 21.2. The summed E-state index contributed by atoms with van der Waals surface area (Å²) in [7, 11) is 6.48. The third kappa shape index (κ3) is 3.28. The first-order chi connectivity index (χ1) is 6.25. The van der Waals surface area contributed by atoms with Crippen molar-refractivity contribution in [2.75, 3.05) is 27.7 Å². The van der Waals surface area contributed by atoms with Gasteiger partial charge in [0.2, 0.25) is 0 Å². The van der Waals surface area contributed by atoms with Gasteiger partial charge in [-0.05, 0) is 52.9 Å². The van der Waals surface area contributed by atoms with Crippen molar-refractivity contribution in [1.29, 1.82) is 0 Å². The molecule has 78 valence electrons. The molecule has 1 rings (SSSR count). The predicted octanol–water partition coefficient (Wildman–Crippen LogP) is 1.72. The van der Waals surface area contributed by atoms with Crippen LogP contribution in [0, 0.1) is 5.92 Å². The van der Waals surface area contributed by atoms with Gasteiger partial charge < -0.3 is 10.2 Å². The van der Waals surface area contributed by atoms with E-state index >= 15 is 0 Å². The summed E-state index contributed by atoms with van der Waals surface area (Å²) in [5, 5.41) is 3.25. The highest BCUT2D eigenvalue weighted by molar-refractivity contribution is 4.80. The van der Waals surface area contributed by atoms with Crippen molar-refractivity contribution in [3.8, 4) is 0 Å². The SMILES string of the molecule is CNCCC(C1CCCC1)N(C)C. The van der Waals surface area contributed by atoms with Crippen LogP contribution in [-0.2, 0) is 0 Å². The highest BCUT2D eigenvalue weighted by atomic mass is 15.1. The topological polar surface area (TPSA) is 15.3 Å². The van der Waals surface area contributed by atoms with E-state index in [-0.39, 0.29) is 0 Å². The van der Waals surface area contributed by atoms with E-state index in [9.17, 15) is 0 Å². The van der Waals surface area contributed by atoms with Gasteiger partial charge in [-0.15, -0.1) is 0 Å². The molecule has 13 heavy (non-hydrogen) atoms. The Kier molecular flexibility index (Phi) is 4.74. The molecule has 1 atom stereocenters. The number of nitrogens with zero attached hydrogens (tertiary/aromatic N) is 1. The first-order valence-electron chi connectivity index (χ1n) is 5.56. The van der Waals surface area contributed by atoms with Crippen LogP contribution in [0.4, 0.5) is 0 Å². The summed E-state index contributed by atoms with van der Waals surface area (Å²) < 4.78 is 0. The molecule has 2 heteroatoms. The van der Waals surface area contributed by atoms with Gasteiger partial charge in [0, 0.05) is 6.04 Å². The molecule has 1 fully saturated rings. The van der Waals surface area contributed by atoms with Crippen LogP contribution in [0.25, 0.3) is 0 Å². The first kappa shape index (κ1) is 11.0. The fourth-order valence-electron chi connectivity index (χ4n) is 2.55. The molecule has 0 radical (unpaired) electrons. The standard InChI is InChI=1S/C11H24N2/c1-12-9-8-11(13(2)3)10-6-4-5-7-10/h10-12H,4-9H2,1-3H3. The van der Waals surface area contributed by atoms with E-state index in [0.717, 1.165) is 18.5 Å². The zero-order chi connectivity index (χ0) is 9.68. The maximum absolute atomic E-state index is 3.25. The molecular formula is C11H24N2. The van der Waals surface area contributed by atoms with E-state index in [2.05, 4.69) is 24.3 Å². The van der Waals surface area contributed by atoms with Crippen LogP contribution in [0.3, 0.4) is 0 Å². The lowest BCUT2D eigenvalue weighted by Gasteiger charge is -2.29. The minimum Gasteiger partial charge on any atom is -0.320 e. The molecule has 0 amide bonds. The molecule has 1 aliphatic rings. The van der Waals surface area contributed by atoms with Crippen molar-refractivity contribution in [2.24, 2.45) is 5.92 Å². The molecule has 0 aromatic heterocycles. The Morgan fingerprint density at radius 3 is 2.38 bits per heavy atom. The number of hydrogen-bond acceptors (Lipinski definition) is 2. The predicted molar refractivity (Wildman–Crippen MR) is 58.0 cm³/mol. The molecular weight excluding hydrogens is 160 g/mol. The summed E-state index contributed by atoms with van der Waals surface area (Å²) in [4.78, 5) is 2.41. The molecule has 1 unspecified atom stereocenters. The maximum Gasteiger partial charge on any atom is 0.0129 e. The monoisotopic (exact) mass is 184 g/mol. The molecule has 2 nitrogen and oxygen atoms in total. The first-order valence-corrected chi connectivity index (χ1v) is 5.56. The molecule has 0 bridgehead atoms. The van der Waals surface area contributed by atoms with E-state index in [0.29, 0.717) is 0 Å². The smallest absolute Gasteiger partial charge is 0.0129 e. The second-order valence-electron chi connectivity index (χ2n) is 4.47. The average Bonchev–Trinajstić information content (AvgIpc) is 2.57. The fourth-order valence-corrected chi connectivity index (χ4v) is 2.55. The minimum absolute atomic E-state index is 0.801. The second kappa shape index (κ2) is 5.61. The Balaban J connectivity index is 2.36. The molecule has 0 aromatic rings. The largest absolute Gasteiger partial charge is 0.320 e. The van der Waals surface area contributed by atoms with Crippen molar-refractivity contribution in [2.45, 2.75) is 38.1 Å². The van der Waals surface area contributed by atoms with Gasteiger partial charge >= 0.3 is 0 Å². The maximum atomic E-state index is 3.25. The number of nitrogens with one attached hydrogen (secondary N) is 1. The number of hydrogen-bond donors (Lipinski definition) is 1. The van der Waals surface area contributed by atoms with Crippen LogP contribution >= 0.6 is 0 Å². The summed E-state index contributed by atoms with van der Waals surface area (Å²) in [6, 6.07) is 0.801. The van der Waals surface area contributed by atoms with E-state index in [1.807, 2.05) is 7.05 Å². The number of rotatable bonds is 5. The van der Waals surface area contributed by atoms with Crippen LogP contribution < -0.4 is 5.32 Å². The zero-order valence-electron chi connectivity index (χ0n) is 9.34. The molecule has 0 aromatic carbocycles. The Hall–Kier alpha value is -0.0800. The molecule has 1 N–H and O–H groups in total. The molecule has 0 saturated heterocycles. The van der Waals surface area contributed by atoms with Gasteiger partial charge in [-0.2, -0.15) is 0 Å². The molecule has 1 aliphatic carbocycles. The van der Waals surface area contributed by atoms with Gasteiger partial charge in [-0.1, -0.05) is 12.8 Å². The Morgan fingerprint density at radius 1 is 1.31 bits per heavy atom. The summed E-state index contributed by atoms with van der Waals surface area (Å²) >= 11 is 0. The molecule has 1 saturated carbocycles. The highest BCUT2D eigenvalue weighted by Gasteiger charge is 2.25. The van der Waals surface area contributed by atoms with E-state index in [1.54, 1.807) is 0 Å². The molecule has 0 aliphatic heterocycles. The van der Waals surface area contributed by atoms with Crippen LogP contribution in [0.15, 0.2) is 0 Å². The van der Waals surface area contributed by atoms with Crippen LogP contribution in [0.2, 0.25) is 0 Å². The van der Waals surface area contributed by atoms with E-state index < -0.39 is 0 Å². The summed E-state index contributed by atoms with van der Waals surface area (Å²) in [5.41, 5.74) is 0. The third-order valence-electron chi connectivity index (χ3n) is 3.30. The Bertz CT molecular complexity index is 128. The molecule has 0 spiro atoms. The fraction of sp³-hybridized carbons (Fsp3) is 1.00. The summed E-state index contributed by atoms with van der Waals surface area (Å²) in [5.74, 6) is 0.961. The second-order valence-corrected chi connectivity index (χ2v) is 4.47. The van der Waals surface area contributed by atoms with Gasteiger partial charge in [-0.3, -0.25) is 0 Å². The van der Waals surface area contributed by atoms with Crippen molar-refractivity contribution in [3.63, 3.8) is 0 Å². The van der Waals surface area contributed by atoms with Crippen LogP contribution in [0.5, 0.6) is 0 Å². The highest BCUT2D eigenvalue weighted by Crippen LogP contribution is 2.30. The lowest BCUT2D eigenvalue weighted by molar-refractivity contribution is 0.199. The Labute approximate surface area is 82.7 Å². The van der Waals surface area contributed by atoms with Crippen molar-refractivity contribution in [3.05, 3.63) is 0 Å². The van der Waals surface area contributed by atoms with Gasteiger partial charge in [0.15, 0.2) is 0 Å². The quantitative estimate of drug-likeness (QED) is 0.700. The minimum atomic E-state index is 0.801. The molecule has 0 heterocycles. The van der Waals surface area contributed by atoms with Gasteiger partial charge in [0.05, 0.1) is 0 Å². The van der Waals surface area contributed by atoms with Crippen LogP contribution in [-0.4, -0.2) is 38.6 Å². The summed E-state index contributed by atoms with van der Waals surface area (Å²) in [6.45, 7) is 1.15. The zero-order valence-corrected chi connectivity index (χ0v) is 9.34. The van der Waals surface area contributed by atoms with Crippen molar-refractivity contribution >= 4 is 0 Å². The lowest BCUT2D eigenvalue weighted by Crippen LogP contribution is -2.36. The third-order valence-corrected chi connectivity index (χ3v) is 3.30. The Morgan fingerprint density at radius 2 is 1.92 bits per heavy atom. The van der Waals surface area contributed by atoms with E-state index in [4.69, 9.17) is 0 Å². The summed E-state index contributed by atoms with van der Waals surface area (Å²) in [6.07, 6.45) is 7.11.